The maximum absolute atomic E-state index is 13.0. The van der Waals surface area contributed by atoms with Crippen LogP contribution in [0, 0.1) is 5.92 Å². The van der Waals surface area contributed by atoms with Crippen LogP contribution in [-0.2, 0) is 24.2 Å². The molecule has 156 valence electrons. The van der Waals surface area contributed by atoms with E-state index in [-0.39, 0.29) is 23.8 Å². The fraction of sp³-hybridized carbons (Fsp3) is 0.619. The van der Waals surface area contributed by atoms with Gasteiger partial charge in [0, 0.05) is 38.1 Å². The molecule has 3 heterocycles. The van der Waals surface area contributed by atoms with Gasteiger partial charge in [0.05, 0.1) is 18.2 Å². The Morgan fingerprint density at radius 3 is 2.86 bits per heavy atom. The molecule has 2 aromatic rings. The van der Waals surface area contributed by atoms with E-state index in [9.17, 15) is 9.59 Å². The Morgan fingerprint density at radius 2 is 2.10 bits per heavy atom. The van der Waals surface area contributed by atoms with Gasteiger partial charge >= 0.3 is 0 Å². The molecule has 0 spiro atoms. The molecule has 0 radical (unpaired) electrons. The van der Waals surface area contributed by atoms with Crippen LogP contribution in [0.1, 0.15) is 66.6 Å². The van der Waals surface area contributed by atoms with Gasteiger partial charge in [-0.15, -0.1) is 0 Å². The molecule has 2 amide bonds. The molecule has 2 aliphatic rings. The van der Waals surface area contributed by atoms with Crippen LogP contribution < -0.4 is 0 Å². The number of aromatic amines is 1. The zero-order chi connectivity index (χ0) is 20.5. The lowest BCUT2D eigenvalue weighted by atomic mass is 9.96. The van der Waals surface area contributed by atoms with Crippen LogP contribution in [0.5, 0.6) is 0 Å². The number of H-pyrrole nitrogens is 1. The average Bonchev–Trinajstić information content (AvgIpc) is 3.46. The number of rotatable bonds is 5. The van der Waals surface area contributed by atoms with Crippen molar-refractivity contribution < 1.29 is 9.59 Å². The summed E-state index contributed by atoms with van der Waals surface area (Å²) in [6.07, 6.45) is 6.99. The van der Waals surface area contributed by atoms with Gasteiger partial charge in [0.15, 0.2) is 0 Å². The minimum atomic E-state index is -0.161. The predicted octanol–water partition coefficient (Wildman–Crippen LogP) is 2.19. The van der Waals surface area contributed by atoms with Crippen molar-refractivity contribution >= 4 is 11.8 Å². The van der Waals surface area contributed by atoms with E-state index in [2.05, 4.69) is 15.3 Å². The van der Waals surface area contributed by atoms with Crippen LogP contribution in [0.25, 0.3) is 0 Å². The van der Waals surface area contributed by atoms with E-state index in [0.29, 0.717) is 31.7 Å². The van der Waals surface area contributed by atoms with Gasteiger partial charge in [-0.1, -0.05) is 0 Å². The number of fused-ring (bicyclic) bond motifs is 1. The number of hydrogen-bond acceptors (Lipinski definition) is 4. The van der Waals surface area contributed by atoms with Gasteiger partial charge in [-0.05, 0) is 57.6 Å². The molecule has 0 bridgehead atoms. The SMILES string of the molecule is CC(C)n1ccc(C(=O)N2CCC(C(=O)N(C)Cc3n[nH]c4c3CCCC4)C2)n1. The molecular formula is C21H30N6O2. The molecule has 1 N–H and O–H groups in total. The van der Waals surface area contributed by atoms with E-state index in [1.54, 1.807) is 20.5 Å². The number of amides is 2. The first-order valence-electron chi connectivity index (χ1n) is 10.6. The standard InChI is InChI=1S/C21H30N6O2/c1-14(2)27-11-9-18(24-27)21(29)26-10-8-15(12-26)20(28)25(3)13-19-16-6-4-5-7-17(16)22-23-19/h9,11,14-15H,4-8,10,12-13H2,1-3H3,(H,22,23). The van der Waals surface area contributed by atoms with E-state index >= 15 is 0 Å². The maximum Gasteiger partial charge on any atom is 0.274 e. The van der Waals surface area contributed by atoms with Crippen LogP contribution in [-0.4, -0.2) is 61.7 Å². The Morgan fingerprint density at radius 1 is 1.31 bits per heavy atom. The molecule has 2 aromatic heterocycles. The summed E-state index contributed by atoms with van der Waals surface area (Å²) in [5.41, 5.74) is 3.95. The quantitative estimate of drug-likeness (QED) is 0.836. The van der Waals surface area contributed by atoms with Crippen molar-refractivity contribution in [1.82, 2.24) is 29.8 Å². The normalized spacial score (nSPS) is 18.9. The molecule has 1 unspecified atom stereocenters. The topological polar surface area (TPSA) is 87.1 Å². The van der Waals surface area contributed by atoms with Crippen molar-refractivity contribution in [2.24, 2.45) is 5.92 Å². The van der Waals surface area contributed by atoms with Crippen molar-refractivity contribution in [3.63, 3.8) is 0 Å². The Balaban J connectivity index is 1.36. The van der Waals surface area contributed by atoms with Crippen molar-refractivity contribution in [1.29, 1.82) is 0 Å². The van der Waals surface area contributed by atoms with Crippen LogP contribution in [0.3, 0.4) is 0 Å². The molecule has 1 saturated heterocycles. The number of aryl methyl sites for hydroxylation is 1. The number of nitrogens with zero attached hydrogens (tertiary/aromatic N) is 5. The number of carbonyl (C=O) groups excluding carboxylic acids is 2. The molecule has 1 atom stereocenters. The van der Waals surface area contributed by atoms with E-state index in [4.69, 9.17) is 0 Å². The Labute approximate surface area is 171 Å². The van der Waals surface area contributed by atoms with Gasteiger partial charge in [-0.2, -0.15) is 10.2 Å². The van der Waals surface area contributed by atoms with Crippen molar-refractivity contribution in [2.75, 3.05) is 20.1 Å². The molecule has 0 aromatic carbocycles. The smallest absolute Gasteiger partial charge is 0.274 e. The van der Waals surface area contributed by atoms with Crippen molar-refractivity contribution in [2.45, 2.75) is 58.5 Å². The molecular weight excluding hydrogens is 368 g/mol. The zero-order valence-electron chi connectivity index (χ0n) is 17.5. The van der Waals surface area contributed by atoms with Gasteiger partial charge in [-0.3, -0.25) is 19.4 Å². The number of nitrogens with one attached hydrogen (secondary N) is 1. The van der Waals surface area contributed by atoms with Crippen LogP contribution in [0.4, 0.5) is 0 Å². The molecule has 0 saturated carbocycles. The summed E-state index contributed by atoms with van der Waals surface area (Å²) in [6, 6.07) is 1.97. The zero-order valence-corrected chi connectivity index (χ0v) is 17.5. The Hall–Kier alpha value is -2.64. The van der Waals surface area contributed by atoms with E-state index in [1.807, 2.05) is 27.1 Å². The lowest BCUT2D eigenvalue weighted by molar-refractivity contribution is -0.134. The van der Waals surface area contributed by atoms with Gasteiger partial charge in [0.2, 0.25) is 5.91 Å². The van der Waals surface area contributed by atoms with E-state index in [1.165, 1.54) is 24.1 Å². The third-order valence-corrected chi connectivity index (χ3v) is 6.09. The molecule has 1 fully saturated rings. The number of hydrogen-bond donors (Lipinski definition) is 1. The fourth-order valence-corrected chi connectivity index (χ4v) is 4.34. The highest BCUT2D eigenvalue weighted by Gasteiger charge is 2.34. The Kier molecular flexibility index (Phi) is 5.43. The lowest BCUT2D eigenvalue weighted by Crippen LogP contribution is -2.36. The molecule has 8 nitrogen and oxygen atoms in total. The molecule has 8 heteroatoms. The van der Waals surface area contributed by atoms with Crippen LogP contribution in [0.15, 0.2) is 12.3 Å². The third-order valence-electron chi connectivity index (χ3n) is 6.09. The van der Waals surface area contributed by atoms with Gasteiger partial charge < -0.3 is 9.80 Å². The number of carbonyl (C=O) groups is 2. The molecule has 1 aliphatic carbocycles. The van der Waals surface area contributed by atoms with Gasteiger partial charge in [0.25, 0.3) is 5.91 Å². The minimum Gasteiger partial charge on any atom is -0.339 e. The maximum atomic E-state index is 13.0. The summed E-state index contributed by atoms with van der Waals surface area (Å²) in [6.45, 7) is 5.62. The first kappa shape index (κ1) is 19.7. The third kappa shape index (κ3) is 3.93. The molecule has 29 heavy (non-hydrogen) atoms. The Bertz CT molecular complexity index is 899. The van der Waals surface area contributed by atoms with E-state index in [0.717, 1.165) is 18.5 Å². The van der Waals surface area contributed by atoms with Crippen molar-refractivity contribution in [3.05, 3.63) is 34.9 Å². The molecule has 4 rings (SSSR count). The largest absolute Gasteiger partial charge is 0.339 e. The molecule has 1 aliphatic heterocycles. The first-order chi connectivity index (χ1) is 13.9. The number of likely N-dealkylation sites (tertiary alicyclic amines) is 1. The summed E-state index contributed by atoms with van der Waals surface area (Å²) in [5, 5.41) is 12.0. The lowest BCUT2D eigenvalue weighted by Gasteiger charge is -2.21. The summed E-state index contributed by atoms with van der Waals surface area (Å²) in [5.74, 6) is -0.171. The first-order valence-corrected chi connectivity index (χ1v) is 10.6. The second-order valence-electron chi connectivity index (χ2n) is 8.54. The minimum absolute atomic E-state index is 0.0839. The summed E-state index contributed by atoms with van der Waals surface area (Å²) < 4.78 is 1.78. The van der Waals surface area contributed by atoms with Gasteiger partial charge in [0.1, 0.15) is 5.69 Å². The summed E-state index contributed by atoms with van der Waals surface area (Å²) >= 11 is 0. The number of aromatic nitrogens is 4. The highest BCUT2D eigenvalue weighted by atomic mass is 16.2. The van der Waals surface area contributed by atoms with Crippen molar-refractivity contribution in [3.8, 4) is 0 Å². The summed E-state index contributed by atoms with van der Waals surface area (Å²) in [7, 11) is 1.83. The summed E-state index contributed by atoms with van der Waals surface area (Å²) in [4.78, 5) is 29.2. The monoisotopic (exact) mass is 398 g/mol. The average molecular weight is 399 g/mol. The highest BCUT2D eigenvalue weighted by molar-refractivity contribution is 5.93. The fourth-order valence-electron chi connectivity index (χ4n) is 4.34. The highest BCUT2D eigenvalue weighted by Crippen LogP contribution is 2.25. The second-order valence-corrected chi connectivity index (χ2v) is 8.54. The predicted molar refractivity (Wildman–Crippen MR) is 108 cm³/mol. The van der Waals surface area contributed by atoms with Crippen LogP contribution >= 0.6 is 0 Å². The van der Waals surface area contributed by atoms with Gasteiger partial charge in [-0.25, -0.2) is 0 Å². The van der Waals surface area contributed by atoms with E-state index < -0.39 is 0 Å². The second kappa shape index (κ2) is 8.00. The van der Waals surface area contributed by atoms with Crippen LogP contribution in [0.2, 0.25) is 0 Å².